The van der Waals surface area contributed by atoms with Crippen molar-refractivity contribution in [3.63, 3.8) is 0 Å². The maximum Gasteiger partial charge on any atom is 0.307 e. The first-order valence-electron chi connectivity index (χ1n) is 10.1. The molecule has 1 aromatic heterocycles. The largest absolute Gasteiger partial charge is 0.493 e. The molecule has 8 heteroatoms. The highest BCUT2D eigenvalue weighted by molar-refractivity contribution is 5.70. The molecule has 0 spiro atoms. The lowest BCUT2D eigenvalue weighted by molar-refractivity contribution is -0.142. The number of benzene rings is 2. The quantitative estimate of drug-likeness (QED) is 0.542. The van der Waals surface area contributed by atoms with Crippen molar-refractivity contribution in [2.75, 3.05) is 27.9 Å². The number of rotatable bonds is 7. The number of hydrogen-bond donors (Lipinski definition) is 0. The van der Waals surface area contributed by atoms with Gasteiger partial charge in [-0.15, -0.1) is 0 Å². The second-order valence-electron chi connectivity index (χ2n) is 7.38. The Morgan fingerprint density at radius 2 is 1.84 bits per heavy atom. The maximum absolute atomic E-state index is 12.2. The van der Waals surface area contributed by atoms with E-state index in [0.717, 1.165) is 35.5 Å². The van der Waals surface area contributed by atoms with Crippen LogP contribution >= 0.6 is 0 Å². The van der Waals surface area contributed by atoms with E-state index in [1.165, 1.54) is 7.11 Å². The van der Waals surface area contributed by atoms with Gasteiger partial charge in [-0.2, -0.15) is 15.0 Å². The van der Waals surface area contributed by atoms with Crippen molar-refractivity contribution in [2.45, 2.75) is 25.4 Å². The van der Waals surface area contributed by atoms with Gasteiger partial charge in [0.25, 0.3) is 0 Å². The molecule has 1 aliphatic rings. The topological polar surface area (TPSA) is 78.7 Å². The maximum atomic E-state index is 12.2. The average molecular weight is 422 g/mol. The van der Waals surface area contributed by atoms with Gasteiger partial charge in [-0.3, -0.25) is 9.69 Å². The third kappa shape index (κ3) is 4.39. The molecule has 1 unspecified atom stereocenters. The molecule has 0 fully saturated rings. The highest BCUT2D eigenvalue weighted by atomic mass is 16.5. The molecule has 4 rings (SSSR count). The van der Waals surface area contributed by atoms with Crippen molar-refractivity contribution < 1.29 is 19.0 Å². The number of para-hydroxylation sites is 1. The molecule has 1 aliphatic heterocycles. The first-order chi connectivity index (χ1) is 15.1. The molecular formula is C23H26N4O4. The zero-order valence-corrected chi connectivity index (χ0v) is 17.9. The van der Waals surface area contributed by atoms with E-state index in [1.54, 1.807) is 25.2 Å². The van der Waals surface area contributed by atoms with Crippen molar-refractivity contribution in [1.29, 1.82) is 0 Å². The molecule has 0 radical (unpaired) electrons. The fraction of sp³-hybridized carbons (Fsp3) is 0.348. The van der Waals surface area contributed by atoms with Crippen LogP contribution in [0, 0.1) is 0 Å². The summed E-state index contributed by atoms with van der Waals surface area (Å²) in [5.41, 5.74) is 3.93. The summed E-state index contributed by atoms with van der Waals surface area (Å²) in [6.45, 7) is 1.35. The standard InChI is InChI=1S/C23H26N4O4/c1-29-21-11-16-9-10-26(20(13-23(28)31-3)19(16)12-22(21)30-2)15-17-14-24-27(25-17)18-7-5-4-6-8-18/h4-8,11-12,14,20H,9-10,13,15H2,1-3H3. The van der Waals surface area contributed by atoms with Gasteiger partial charge in [-0.25, -0.2) is 0 Å². The number of carbonyl (C=O) groups excluding carboxylic acids is 1. The molecule has 162 valence electrons. The van der Waals surface area contributed by atoms with E-state index in [0.29, 0.717) is 18.0 Å². The summed E-state index contributed by atoms with van der Waals surface area (Å²) in [4.78, 5) is 16.1. The number of fused-ring (bicyclic) bond motifs is 1. The van der Waals surface area contributed by atoms with Crippen LogP contribution in [0.25, 0.3) is 5.69 Å². The van der Waals surface area contributed by atoms with Crippen LogP contribution in [0.3, 0.4) is 0 Å². The van der Waals surface area contributed by atoms with Gasteiger partial charge in [0.15, 0.2) is 11.5 Å². The summed E-state index contributed by atoms with van der Waals surface area (Å²) in [5.74, 6) is 1.08. The average Bonchev–Trinajstić information content (AvgIpc) is 3.28. The number of esters is 1. The summed E-state index contributed by atoms with van der Waals surface area (Å²) in [6, 6.07) is 13.6. The lowest BCUT2D eigenvalue weighted by Crippen LogP contribution is -2.36. The van der Waals surface area contributed by atoms with Crippen LogP contribution in [-0.4, -0.2) is 53.7 Å². The van der Waals surface area contributed by atoms with Crippen LogP contribution < -0.4 is 9.47 Å². The Morgan fingerprint density at radius 1 is 1.10 bits per heavy atom. The van der Waals surface area contributed by atoms with Crippen LogP contribution in [0.2, 0.25) is 0 Å². The van der Waals surface area contributed by atoms with Gasteiger partial charge >= 0.3 is 5.97 Å². The third-order valence-electron chi connectivity index (χ3n) is 5.59. The summed E-state index contributed by atoms with van der Waals surface area (Å²) < 4.78 is 15.9. The van der Waals surface area contributed by atoms with Crippen LogP contribution in [-0.2, 0) is 22.5 Å². The molecule has 0 amide bonds. The minimum absolute atomic E-state index is 0.155. The summed E-state index contributed by atoms with van der Waals surface area (Å²) in [5, 5.41) is 9.03. The lowest BCUT2D eigenvalue weighted by Gasteiger charge is -2.36. The first-order valence-corrected chi connectivity index (χ1v) is 10.1. The highest BCUT2D eigenvalue weighted by Crippen LogP contribution is 2.40. The Balaban J connectivity index is 1.63. The minimum Gasteiger partial charge on any atom is -0.493 e. The van der Waals surface area contributed by atoms with E-state index in [2.05, 4.69) is 15.1 Å². The number of nitrogens with zero attached hydrogens (tertiary/aromatic N) is 4. The molecule has 2 heterocycles. The molecule has 3 aromatic rings. The summed E-state index contributed by atoms with van der Waals surface area (Å²) in [7, 11) is 4.65. The Labute approximate surface area is 181 Å². The zero-order chi connectivity index (χ0) is 21.8. The van der Waals surface area contributed by atoms with Gasteiger partial charge in [0.2, 0.25) is 0 Å². The van der Waals surface area contributed by atoms with Gasteiger partial charge < -0.3 is 14.2 Å². The molecule has 2 aromatic carbocycles. The summed E-state index contributed by atoms with van der Waals surface area (Å²) in [6.07, 6.45) is 2.85. The fourth-order valence-corrected chi connectivity index (χ4v) is 4.01. The van der Waals surface area contributed by atoms with Crippen molar-refractivity contribution >= 4 is 5.97 Å². The van der Waals surface area contributed by atoms with Crippen LogP contribution in [0.15, 0.2) is 48.7 Å². The second-order valence-corrected chi connectivity index (χ2v) is 7.38. The van der Waals surface area contributed by atoms with Crippen LogP contribution in [0.4, 0.5) is 0 Å². The molecule has 1 atom stereocenters. The fourth-order valence-electron chi connectivity index (χ4n) is 4.01. The van der Waals surface area contributed by atoms with Gasteiger partial charge in [0, 0.05) is 19.1 Å². The van der Waals surface area contributed by atoms with Gasteiger partial charge in [0.1, 0.15) is 0 Å². The normalized spacial score (nSPS) is 15.9. The van der Waals surface area contributed by atoms with E-state index in [1.807, 2.05) is 42.5 Å². The minimum atomic E-state index is -0.259. The molecule has 0 aliphatic carbocycles. The number of ether oxygens (including phenoxy) is 3. The van der Waals surface area contributed by atoms with E-state index < -0.39 is 0 Å². The Morgan fingerprint density at radius 3 is 2.55 bits per heavy atom. The molecule has 0 saturated carbocycles. The van der Waals surface area contributed by atoms with Gasteiger partial charge in [-0.05, 0) is 41.8 Å². The van der Waals surface area contributed by atoms with Gasteiger partial charge in [0.05, 0.1) is 45.3 Å². The van der Waals surface area contributed by atoms with Crippen molar-refractivity contribution in [1.82, 2.24) is 19.9 Å². The second kappa shape index (κ2) is 9.18. The van der Waals surface area contributed by atoms with E-state index in [-0.39, 0.29) is 18.4 Å². The van der Waals surface area contributed by atoms with Crippen molar-refractivity contribution in [3.8, 4) is 17.2 Å². The molecule has 0 N–H and O–H groups in total. The number of methoxy groups -OCH3 is 3. The molecule has 0 saturated heterocycles. The Bertz CT molecular complexity index is 1050. The molecular weight excluding hydrogens is 396 g/mol. The van der Waals surface area contributed by atoms with Crippen LogP contribution in [0.1, 0.15) is 29.3 Å². The Kier molecular flexibility index (Phi) is 6.18. The first kappa shape index (κ1) is 20.9. The van der Waals surface area contributed by atoms with E-state index >= 15 is 0 Å². The third-order valence-corrected chi connectivity index (χ3v) is 5.59. The smallest absolute Gasteiger partial charge is 0.307 e. The molecule has 0 bridgehead atoms. The zero-order valence-electron chi connectivity index (χ0n) is 17.9. The van der Waals surface area contributed by atoms with Crippen LogP contribution in [0.5, 0.6) is 11.5 Å². The lowest BCUT2D eigenvalue weighted by atomic mass is 9.90. The van der Waals surface area contributed by atoms with E-state index in [9.17, 15) is 4.79 Å². The number of aromatic nitrogens is 3. The predicted molar refractivity (Wildman–Crippen MR) is 114 cm³/mol. The monoisotopic (exact) mass is 422 g/mol. The van der Waals surface area contributed by atoms with Crippen molar-refractivity contribution in [3.05, 3.63) is 65.5 Å². The van der Waals surface area contributed by atoms with E-state index in [4.69, 9.17) is 14.2 Å². The highest BCUT2D eigenvalue weighted by Gasteiger charge is 2.31. The van der Waals surface area contributed by atoms with Gasteiger partial charge in [-0.1, -0.05) is 18.2 Å². The van der Waals surface area contributed by atoms with Crippen molar-refractivity contribution in [2.24, 2.45) is 0 Å². The number of carbonyl (C=O) groups is 1. The molecule has 31 heavy (non-hydrogen) atoms. The summed E-state index contributed by atoms with van der Waals surface area (Å²) >= 11 is 0. The SMILES string of the molecule is COC(=O)CC1c2cc(OC)c(OC)cc2CCN1Cc1cnn(-c2ccccc2)n1. The predicted octanol–water partition coefficient (Wildman–Crippen LogP) is 2.95. The number of hydrogen-bond acceptors (Lipinski definition) is 7. The Hall–Kier alpha value is -3.39. The molecule has 8 nitrogen and oxygen atoms in total.